The van der Waals surface area contributed by atoms with E-state index in [1.165, 1.54) is 0 Å². The van der Waals surface area contributed by atoms with Crippen molar-refractivity contribution in [3.05, 3.63) is 75.3 Å². The predicted octanol–water partition coefficient (Wildman–Crippen LogP) is 3.68. The van der Waals surface area contributed by atoms with Crippen molar-refractivity contribution >= 4 is 29.4 Å². The number of rotatable bonds is 6. The van der Waals surface area contributed by atoms with Crippen molar-refractivity contribution in [3.8, 4) is 0 Å². The maximum absolute atomic E-state index is 12.6. The van der Waals surface area contributed by atoms with Crippen LogP contribution in [-0.4, -0.2) is 22.6 Å². The van der Waals surface area contributed by atoms with E-state index in [-0.39, 0.29) is 18.0 Å². The van der Waals surface area contributed by atoms with Gasteiger partial charge in [-0.15, -0.1) is 0 Å². The number of carbonyl (C=O) groups is 2. The fourth-order valence-electron chi connectivity index (χ4n) is 2.34. The lowest BCUT2D eigenvalue weighted by Crippen LogP contribution is -2.07. The third kappa shape index (κ3) is 4.22. The first-order valence-corrected chi connectivity index (χ1v) is 7.49. The highest BCUT2D eigenvalue weighted by atomic mass is 35.5. The molecule has 0 bridgehead atoms. The number of ketones is 2. The molecule has 116 valence electrons. The lowest BCUT2D eigenvalue weighted by atomic mass is 9.93. The standard InChI is InChI=1S/C18H15ClN2O2/c1-12-13(7-10-16(22)11-21-20)3-2-4-17(12)18(23)14-5-8-15(19)9-6-14/h2-6,8-9,11H,7,10H2,1H3. The first kappa shape index (κ1) is 16.8. The molecule has 0 N–H and O–H groups in total. The Morgan fingerprint density at radius 2 is 1.87 bits per heavy atom. The van der Waals surface area contributed by atoms with E-state index in [2.05, 4.69) is 4.79 Å². The van der Waals surface area contributed by atoms with Crippen LogP contribution >= 0.6 is 11.6 Å². The van der Waals surface area contributed by atoms with Crippen molar-refractivity contribution in [2.24, 2.45) is 0 Å². The minimum Gasteiger partial charge on any atom is -0.361 e. The van der Waals surface area contributed by atoms with Crippen LogP contribution in [0.3, 0.4) is 0 Å². The number of carbonyl (C=O) groups excluding carboxylic acids is 2. The van der Waals surface area contributed by atoms with Crippen molar-refractivity contribution in [3.63, 3.8) is 0 Å². The van der Waals surface area contributed by atoms with Gasteiger partial charge in [-0.05, 0) is 48.7 Å². The highest BCUT2D eigenvalue weighted by Crippen LogP contribution is 2.20. The molecule has 0 saturated carbocycles. The summed E-state index contributed by atoms with van der Waals surface area (Å²) in [5.74, 6) is -0.342. The van der Waals surface area contributed by atoms with Crippen LogP contribution in [0.1, 0.15) is 33.5 Å². The molecular weight excluding hydrogens is 312 g/mol. The van der Waals surface area contributed by atoms with Crippen molar-refractivity contribution in [2.45, 2.75) is 19.8 Å². The second-order valence-corrected chi connectivity index (χ2v) is 5.57. The first-order chi connectivity index (χ1) is 11.0. The third-order valence-corrected chi connectivity index (χ3v) is 3.89. The van der Waals surface area contributed by atoms with E-state index in [0.29, 0.717) is 22.6 Å². The molecule has 0 aliphatic heterocycles. The zero-order valence-corrected chi connectivity index (χ0v) is 13.4. The maximum atomic E-state index is 12.6. The minimum atomic E-state index is -0.263. The summed E-state index contributed by atoms with van der Waals surface area (Å²) in [6.45, 7) is 1.86. The van der Waals surface area contributed by atoms with Gasteiger partial charge >= 0.3 is 6.21 Å². The summed E-state index contributed by atoms with van der Waals surface area (Å²) < 4.78 is 0. The number of halogens is 1. The summed E-state index contributed by atoms with van der Waals surface area (Å²) in [6.07, 6.45) is 1.60. The molecule has 0 unspecified atom stereocenters. The maximum Gasteiger partial charge on any atom is 0.323 e. The Bertz CT molecular complexity index is 791. The average molecular weight is 327 g/mol. The molecule has 2 aromatic rings. The van der Waals surface area contributed by atoms with Crippen LogP contribution in [0.15, 0.2) is 42.5 Å². The molecule has 0 spiro atoms. The van der Waals surface area contributed by atoms with E-state index in [1.54, 1.807) is 36.4 Å². The van der Waals surface area contributed by atoms with E-state index in [4.69, 9.17) is 17.1 Å². The molecule has 0 saturated heterocycles. The van der Waals surface area contributed by atoms with Gasteiger partial charge in [0.15, 0.2) is 5.78 Å². The molecule has 5 heteroatoms. The third-order valence-electron chi connectivity index (χ3n) is 3.64. The van der Waals surface area contributed by atoms with Gasteiger partial charge in [-0.2, -0.15) is 4.79 Å². The molecule has 2 rings (SSSR count). The fraction of sp³-hybridized carbons (Fsp3) is 0.167. The Hall–Kier alpha value is -2.55. The summed E-state index contributed by atoms with van der Waals surface area (Å²) in [5.41, 5.74) is 11.3. The van der Waals surface area contributed by atoms with Gasteiger partial charge in [-0.3, -0.25) is 9.59 Å². The Labute approximate surface area is 139 Å². The van der Waals surface area contributed by atoms with Crippen LogP contribution in [0.4, 0.5) is 0 Å². The number of hydrogen-bond acceptors (Lipinski definition) is 2. The number of nitrogens with zero attached hydrogens (tertiary/aromatic N) is 2. The summed E-state index contributed by atoms with van der Waals surface area (Å²) in [6, 6.07) is 12.2. The Morgan fingerprint density at radius 1 is 1.17 bits per heavy atom. The summed E-state index contributed by atoms with van der Waals surface area (Å²) >= 11 is 5.84. The lowest BCUT2D eigenvalue weighted by Gasteiger charge is -2.10. The molecule has 2 aromatic carbocycles. The van der Waals surface area contributed by atoms with Crippen LogP contribution in [0.5, 0.6) is 0 Å². The molecule has 0 amide bonds. The van der Waals surface area contributed by atoms with E-state index < -0.39 is 0 Å². The molecule has 0 aliphatic carbocycles. The highest BCUT2D eigenvalue weighted by molar-refractivity contribution is 6.30. The predicted molar refractivity (Wildman–Crippen MR) is 89.1 cm³/mol. The number of aryl methyl sites for hydroxylation is 1. The van der Waals surface area contributed by atoms with Gasteiger partial charge in [0.05, 0.1) is 0 Å². The Kier molecular flexibility index (Phi) is 5.58. The summed E-state index contributed by atoms with van der Waals surface area (Å²) in [5, 5.41) is 0.580. The molecule has 0 radical (unpaired) electrons. The summed E-state index contributed by atoms with van der Waals surface area (Å²) in [7, 11) is 0. The topological polar surface area (TPSA) is 70.5 Å². The molecule has 0 atom stereocenters. The summed E-state index contributed by atoms with van der Waals surface area (Å²) in [4.78, 5) is 26.7. The monoisotopic (exact) mass is 326 g/mol. The Morgan fingerprint density at radius 3 is 2.52 bits per heavy atom. The van der Waals surface area contributed by atoms with Gasteiger partial charge in [0.1, 0.15) is 0 Å². The van der Waals surface area contributed by atoms with Gasteiger partial charge in [0, 0.05) is 22.6 Å². The van der Waals surface area contributed by atoms with Gasteiger partial charge in [-0.1, -0.05) is 29.8 Å². The van der Waals surface area contributed by atoms with Gasteiger partial charge in [-0.25, -0.2) is 0 Å². The van der Waals surface area contributed by atoms with Crippen LogP contribution in [0.2, 0.25) is 5.02 Å². The quantitative estimate of drug-likeness (QED) is 0.351. The minimum absolute atomic E-state index is 0.0794. The van der Waals surface area contributed by atoms with Gasteiger partial charge in [0.2, 0.25) is 5.78 Å². The molecule has 4 nitrogen and oxygen atoms in total. The van der Waals surface area contributed by atoms with Crippen molar-refractivity contribution in [1.82, 2.24) is 0 Å². The molecule has 0 aliphatic rings. The lowest BCUT2D eigenvalue weighted by molar-refractivity contribution is -0.116. The second-order valence-electron chi connectivity index (χ2n) is 5.14. The second kappa shape index (κ2) is 7.63. The fourth-order valence-corrected chi connectivity index (χ4v) is 2.47. The zero-order chi connectivity index (χ0) is 16.8. The highest BCUT2D eigenvalue weighted by Gasteiger charge is 2.14. The van der Waals surface area contributed by atoms with Crippen molar-refractivity contribution in [1.29, 1.82) is 0 Å². The zero-order valence-electron chi connectivity index (χ0n) is 12.6. The molecule has 0 fully saturated rings. The van der Waals surface area contributed by atoms with Crippen LogP contribution in [0, 0.1) is 6.92 Å². The average Bonchev–Trinajstić information content (AvgIpc) is 2.54. The van der Waals surface area contributed by atoms with Gasteiger partial charge in [0.25, 0.3) is 0 Å². The number of Topliss-reactive ketones (excluding diaryl/α,β-unsaturated/α-hetero) is 1. The molecule has 0 heterocycles. The SMILES string of the molecule is Cc1c(CCC(=O)C=[N+]=[N-])cccc1C(=O)c1ccc(Cl)cc1. The van der Waals surface area contributed by atoms with E-state index in [9.17, 15) is 9.59 Å². The van der Waals surface area contributed by atoms with E-state index >= 15 is 0 Å². The van der Waals surface area contributed by atoms with E-state index in [1.807, 2.05) is 13.0 Å². The molecular formula is C18H15ClN2O2. The smallest absolute Gasteiger partial charge is 0.323 e. The van der Waals surface area contributed by atoms with Crippen LogP contribution in [-0.2, 0) is 11.2 Å². The number of benzene rings is 2. The van der Waals surface area contributed by atoms with Crippen molar-refractivity contribution < 1.29 is 14.4 Å². The number of hydrogen-bond donors (Lipinski definition) is 0. The first-order valence-electron chi connectivity index (χ1n) is 7.12. The van der Waals surface area contributed by atoms with Crippen LogP contribution < -0.4 is 0 Å². The largest absolute Gasteiger partial charge is 0.361 e. The van der Waals surface area contributed by atoms with Gasteiger partial charge < -0.3 is 5.53 Å². The van der Waals surface area contributed by atoms with Crippen molar-refractivity contribution in [2.75, 3.05) is 0 Å². The van der Waals surface area contributed by atoms with Crippen LogP contribution in [0.25, 0.3) is 5.53 Å². The molecule has 0 aromatic heterocycles. The molecule has 23 heavy (non-hydrogen) atoms. The normalized spacial score (nSPS) is 10.0. The Balaban J connectivity index is 2.25. The van der Waals surface area contributed by atoms with E-state index in [0.717, 1.165) is 17.3 Å².